The average Bonchev–Trinajstić information content (AvgIpc) is 2.53. The molecule has 1 heterocycles. The predicted molar refractivity (Wildman–Crippen MR) is 48.3 cm³/mol. The Morgan fingerprint density at radius 2 is 2.50 bits per heavy atom. The molecule has 0 aliphatic heterocycles. The van der Waals surface area contributed by atoms with E-state index in [1.165, 1.54) is 11.3 Å². The van der Waals surface area contributed by atoms with Crippen LogP contribution in [0.25, 0.3) is 0 Å². The van der Waals surface area contributed by atoms with Crippen molar-refractivity contribution in [1.82, 2.24) is 0 Å². The van der Waals surface area contributed by atoms with Crippen molar-refractivity contribution in [1.29, 1.82) is 0 Å². The number of aliphatic hydroxyl groups excluding tert-OH is 1. The Kier molecular flexibility index (Phi) is 3.52. The highest BCUT2D eigenvalue weighted by Gasteiger charge is 1.93. The van der Waals surface area contributed by atoms with Crippen LogP contribution in [0.1, 0.15) is 21.7 Å². The van der Waals surface area contributed by atoms with Crippen molar-refractivity contribution in [3.05, 3.63) is 21.9 Å². The van der Waals surface area contributed by atoms with E-state index in [9.17, 15) is 4.79 Å². The van der Waals surface area contributed by atoms with Crippen LogP contribution in [0.2, 0.25) is 0 Å². The second kappa shape index (κ2) is 4.70. The van der Waals surface area contributed by atoms with Gasteiger partial charge in [-0.2, -0.15) is 0 Å². The van der Waals surface area contributed by atoms with Crippen molar-refractivity contribution in [2.45, 2.75) is 6.42 Å². The molecule has 0 saturated heterocycles. The lowest BCUT2D eigenvalue weighted by atomic mass is 10.3. The minimum Gasteiger partial charge on any atom is -0.395 e. The number of aldehydes is 1. The fraction of sp³-hybridized carbons (Fsp3) is 0.222. The Morgan fingerprint density at radius 1 is 1.67 bits per heavy atom. The number of carbonyl (C=O) groups excluding carboxylic acids is 1. The zero-order chi connectivity index (χ0) is 8.81. The molecular weight excluding hydrogens is 172 g/mol. The summed E-state index contributed by atoms with van der Waals surface area (Å²) in [7, 11) is 0. The third kappa shape index (κ3) is 2.50. The summed E-state index contributed by atoms with van der Waals surface area (Å²) in [6.45, 7) is 0.0810. The second-order valence-electron chi connectivity index (χ2n) is 2.13. The van der Waals surface area contributed by atoms with Crippen molar-refractivity contribution >= 4 is 17.6 Å². The van der Waals surface area contributed by atoms with Gasteiger partial charge < -0.3 is 5.11 Å². The van der Waals surface area contributed by atoms with Crippen LogP contribution in [0, 0.1) is 11.8 Å². The summed E-state index contributed by atoms with van der Waals surface area (Å²) in [5, 5.41) is 10.3. The van der Waals surface area contributed by atoms with E-state index in [4.69, 9.17) is 5.11 Å². The minimum absolute atomic E-state index is 0.0810. The van der Waals surface area contributed by atoms with Crippen LogP contribution in [0.15, 0.2) is 11.4 Å². The topological polar surface area (TPSA) is 37.3 Å². The molecule has 1 aromatic heterocycles. The number of hydrogen-bond acceptors (Lipinski definition) is 3. The van der Waals surface area contributed by atoms with Gasteiger partial charge in [0.25, 0.3) is 0 Å². The monoisotopic (exact) mass is 180 g/mol. The maximum atomic E-state index is 10.3. The summed E-state index contributed by atoms with van der Waals surface area (Å²) in [5.41, 5.74) is 0.843. The molecule has 62 valence electrons. The number of aliphatic hydroxyl groups is 1. The van der Waals surface area contributed by atoms with Gasteiger partial charge in [-0.1, -0.05) is 11.8 Å². The molecule has 0 aliphatic carbocycles. The molecule has 0 saturated carbocycles. The second-order valence-corrected chi connectivity index (χ2v) is 3.07. The summed E-state index contributed by atoms with van der Waals surface area (Å²) in [5.74, 6) is 5.62. The van der Waals surface area contributed by atoms with Gasteiger partial charge in [0.05, 0.1) is 11.5 Å². The molecule has 0 fully saturated rings. The smallest absolute Gasteiger partial charge is 0.160 e. The SMILES string of the molecule is O=Cc1cc(C#CCCO)cs1. The molecule has 1 aromatic rings. The Hall–Kier alpha value is -1.11. The Labute approximate surface area is 74.9 Å². The van der Waals surface area contributed by atoms with E-state index in [-0.39, 0.29) is 6.61 Å². The van der Waals surface area contributed by atoms with Crippen LogP contribution in [0.5, 0.6) is 0 Å². The highest BCUT2D eigenvalue weighted by molar-refractivity contribution is 7.11. The van der Waals surface area contributed by atoms with Gasteiger partial charge in [0.1, 0.15) is 0 Å². The summed E-state index contributed by atoms with van der Waals surface area (Å²) in [4.78, 5) is 11.0. The Morgan fingerprint density at radius 3 is 3.08 bits per heavy atom. The molecule has 0 aromatic carbocycles. The van der Waals surface area contributed by atoms with Crippen molar-refractivity contribution in [2.24, 2.45) is 0 Å². The van der Waals surface area contributed by atoms with Crippen molar-refractivity contribution < 1.29 is 9.90 Å². The number of carbonyl (C=O) groups is 1. The molecular formula is C9H8O2S. The summed E-state index contributed by atoms with van der Waals surface area (Å²) in [6, 6.07) is 1.74. The lowest BCUT2D eigenvalue weighted by Crippen LogP contribution is -1.76. The summed E-state index contributed by atoms with van der Waals surface area (Å²) < 4.78 is 0. The molecule has 1 rings (SSSR count). The van der Waals surface area contributed by atoms with E-state index >= 15 is 0 Å². The van der Waals surface area contributed by atoms with Crippen LogP contribution in [0.3, 0.4) is 0 Å². The van der Waals surface area contributed by atoms with Gasteiger partial charge in [0.15, 0.2) is 6.29 Å². The third-order valence-corrected chi connectivity index (χ3v) is 2.06. The van der Waals surface area contributed by atoms with Crippen LogP contribution in [-0.2, 0) is 0 Å². The fourth-order valence-electron chi connectivity index (χ4n) is 0.701. The molecule has 0 bridgehead atoms. The maximum absolute atomic E-state index is 10.3. The van der Waals surface area contributed by atoms with E-state index < -0.39 is 0 Å². The molecule has 1 N–H and O–H groups in total. The lowest BCUT2D eigenvalue weighted by Gasteiger charge is -1.78. The molecule has 12 heavy (non-hydrogen) atoms. The van der Waals surface area contributed by atoms with Gasteiger partial charge in [0.2, 0.25) is 0 Å². The highest BCUT2D eigenvalue weighted by atomic mass is 32.1. The van der Waals surface area contributed by atoms with Gasteiger partial charge in [-0.25, -0.2) is 0 Å². The van der Waals surface area contributed by atoms with Gasteiger partial charge in [-0.3, -0.25) is 4.79 Å². The normalized spacial score (nSPS) is 8.75. The van der Waals surface area contributed by atoms with E-state index in [1.54, 1.807) is 6.07 Å². The Balaban J connectivity index is 2.65. The third-order valence-electron chi connectivity index (χ3n) is 1.21. The average molecular weight is 180 g/mol. The van der Waals surface area contributed by atoms with Crippen LogP contribution in [0.4, 0.5) is 0 Å². The molecule has 2 nitrogen and oxygen atoms in total. The standard InChI is InChI=1S/C9H8O2S/c10-4-2-1-3-8-5-9(6-11)12-7-8/h5-7,10H,2,4H2. The molecule has 0 spiro atoms. The first-order valence-corrected chi connectivity index (χ1v) is 4.38. The Bertz CT molecular complexity index is 317. The van der Waals surface area contributed by atoms with Gasteiger partial charge >= 0.3 is 0 Å². The quantitative estimate of drug-likeness (QED) is 0.550. The fourth-order valence-corrected chi connectivity index (χ4v) is 1.34. The number of hydrogen-bond donors (Lipinski definition) is 1. The largest absolute Gasteiger partial charge is 0.395 e. The van der Waals surface area contributed by atoms with Crippen molar-refractivity contribution in [2.75, 3.05) is 6.61 Å². The van der Waals surface area contributed by atoms with Crippen molar-refractivity contribution in [3.63, 3.8) is 0 Å². The zero-order valence-electron chi connectivity index (χ0n) is 6.41. The van der Waals surface area contributed by atoms with E-state index in [2.05, 4.69) is 11.8 Å². The predicted octanol–water partition coefficient (Wildman–Crippen LogP) is 1.29. The van der Waals surface area contributed by atoms with Gasteiger partial charge in [-0.15, -0.1) is 11.3 Å². The summed E-state index contributed by atoms with van der Waals surface area (Å²) in [6.07, 6.45) is 1.29. The van der Waals surface area contributed by atoms with Crippen molar-refractivity contribution in [3.8, 4) is 11.8 Å². The molecule has 0 radical (unpaired) electrons. The van der Waals surface area contributed by atoms with E-state index in [0.29, 0.717) is 11.3 Å². The molecule has 0 unspecified atom stereocenters. The number of rotatable bonds is 2. The van der Waals surface area contributed by atoms with Crippen LogP contribution >= 0.6 is 11.3 Å². The van der Waals surface area contributed by atoms with E-state index in [1.807, 2.05) is 5.38 Å². The molecule has 0 atom stereocenters. The van der Waals surface area contributed by atoms with Crippen LogP contribution < -0.4 is 0 Å². The minimum atomic E-state index is 0.0810. The lowest BCUT2D eigenvalue weighted by molar-refractivity contribution is 0.112. The first-order valence-electron chi connectivity index (χ1n) is 3.50. The first kappa shape index (κ1) is 8.98. The van der Waals surface area contributed by atoms with Gasteiger partial charge in [-0.05, 0) is 6.07 Å². The zero-order valence-corrected chi connectivity index (χ0v) is 7.23. The molecule has 0 aliphatic rings. The van der Waals surface area contributed by atoms with Crippen LogP contribution in [-0.4, -0.2) is 18.0 Å². The van der Waals surface area contributed by atoms with E-state index in [0.717, 1.165) is 11.8 Å². The van der Waals surface area contributed by atoms with Gasteiger partial charge in [0, 0.05) is 17.4 Å². The summed E-state index contributed by atoms with van der Waals surface area (Å²) >= 11 is 1.37. The number of thiophene rings is 1. The first-order chi connectivity index (χ1) is 5.86. The molecule has 3 heteroatoms. The molecule has 0 amide bonds. The maximum Gasteiger partial charge on any atom is 0.160 e. The highest BCUT2D eigenvalue weighted by Crippen LogP contribution is 2.10.